The van der Waals surface area contributed by atoms with Crippen molar-refractivity contribution in [2.24, 2.45) is 10.9 Å². The van der Waals surface area contributed by atoms with E-state index in [2.05, 4.69) is 9.88 Å². The lowest BCUT2D eigenvalue weighted by molar-refractivity contribution is 0.315. The van der Waals surface area contributed by atoms with Crippen LogP contribution in [0.25, 0.3) is 0 Å². The Morgan fingerprint density at radius 1 is 1.45 bits per heavy atom. The minimum Gasteiger partial charge on any atom is -0.409 e. The van der Waals surface area contributed by atoms with Crippen molar-refractivity contribution in [2.45, 2.75) is 43.5 Å². The first-order valence-corrected chi connectivity index (χ1v) is 8.07. The number of rotatable bonds is 5. The van der Waals surface area contributed by atoms with Crippen LogP contribution in [0.15, 0.2) is 28.3 Å². The van der Waals surface area contributed by atoms with Crippen LogP contribution < -0.4 is 10.5 Å². The Balaban J connectivity index is 2.26. The molecule has 1 unspecified atom stereocenters. The molecule has 0 aromatic heterocycles. The predicted octanol–water partition coefficient (Wildman–Crippen LogP) is 0.979. The summed E-state index contributed by atoms with van der Waals surface area (Å²) in [6, 6.07) is 4.47. The number of oxime groups is 1. The highest BCUT2D eigenvalue weighted by Gasteiger charge is 2.23. The van der Waals surface area contributed by atoms with Gasteiger partial charge in [-0.1, -0.05) is 18.1 Å². The fourth-order valence-corrected chi connectivity index (χ4v) is 3.74. The summed E-state index contributed by atoms with van der Waals surface area (Å²) in [5.74, 6) is -0.141. The van der Waals surface area contributed by atoms with Gasteiger partial charge in [-0.3, -0.25) is 0 Å². The monoisotopic (exact) mass is 297 g/mol. The lowest BCUT2D eigenvalue weighted by Gasteiger charge is -2.16. The highest BCUT2D eigenvalue weighted by molar-refractivity contribution is 7.89. The van der Waals surface area contributed by atoms with E-state index in [0.29, 0.717) is 6.42 Å². The number of nitrogens with two attached hydrogens (primary N) is 1. The third-order valence-electron chi connectivity index (χ3n) is 3.56. The van der Waals surface area contributed by atoms with Gasteiger partial charge in [-0.2, -0.15) is 0 Å². The van der Waals surface area contributed by atoms with Crippen LogP contribution in [0.2, 0.25) is 0 Å². The fourth-order valence-electron chi connectivity index (χ4n) is 2.39. The molecule has 0 saturated carbocycles. The number of hydrogen-bond donors (Lipinski definition) is 3. The molecule has 2 rings (SSSR count). The Labute approximate surface area is 118 Å². The zero-order valence-electron chi connectivity index (χ0n) is 11.3. The highest BCUT2D eigenvalue weighted by atomic mass is 32.2. The molecule has 1 aromatic rings. The molecule has 7 heteroatoms. The van der Waals surface area contributed by atoms with Gasteiger partial charge >= 0.3 is 0 Å². The number of nitrogens with zero attached hydrogens (tertiary/aromatic N) is 1. The van der Waals surface area contributed by atoms with Gasteiger partial charge in [0, 0.05) is 0 Å². The topological polar surface area (TPSA) is 105 Å². The van der Waals surface area contributed by atoms with Crippen LogP contribution in [0.3, 0.4) is 0 Å². The number of aryl methyl sites for hydroxylation is 2. The molecular weight excluding hydrogens is 278 g/mol. The van der Waals surface area contributed by atoms with Crippen LogP contribution in [-0.4, -0.2) is 25.5 Å². The maximum absolute atomic E-state index is 12.3. The normalized spacial score (nSPS) is 16.9. The fraction of sp³-hybridized carbons (Fsp3) is 0.462. The van der Waals surface area contributed by atoms with Crippen molar-refractivity contribution in [2.75, 3.05) is 0 Å². The Hall–Kier alpha value is -1.60. The lowest BCUT2D eigenvalue weighted by atomic mass is 10.1. The quantitative estimate of drug-likeness (QED) is 0.326. The Morgan fingerprint density at radius 3 is 2.80 bits per heavy atom. The van der Waals surface area contributed by atoms with Gasteiger partial charge in [0.05, 0.1) is 10.9 Å². The second-order valence-corrected chi connectivity index (χ2v) is 6.61. The van der Waals surface area contributed by atoms with Gasteiger partial charge in [-0.15, -0.1) is 0 Å². The Kier molecular flexibility index (Phi) is 4.29. The van der Waals surface area contributed by atoms with E-state index >= 15 is 0 Å². The lowest BCUT2D eigenvalue weighted by Crippen LogP contribution is -2.44. The van der Waals surface area contributed by atoms with Crippen LogP contribution in [0, 0.1) is 0 Å². The summed E-state index contributed by atoms with van der Waals surface area (Å²) in [6.07, 6.45) is 3.38. The average molecular weight is 297 g/mol. The average Bonchev–Trinajstić information content (AvgIpc) is 2.91. The molecule has 0 bridgehead atoms. The number of fused-ring (bicyclic) bond motifs is 1. The summed E-state index contributed by atoms with van der Waals surface area (Å²) < 4.78 is 27.1. The van der Waals surface area contributed by atoms with E-state index in [9.17, 15) is 8.42 Å². The first kappa shape index (κ1) is 14.8. The van der Waals surface area contributed by atoms with Gasteiger partial charge in [-0.25, -0.2) is 13.1 Å². The zero-order valence-corrected chi connectivity index (χ0v) is 12.2. The van der Waals surface area contributed by atoms with Crippen LogP contribution in [0.4, 0.5) is 0 Å². The third kappa shape index (κ3) is 2.94. The summed E-state index contributed by atoms with van der Waals surface area (Å²) in [7, 11) is -3.67. The minimum atomic E-state index is -3.67. The van der Waals surface area contributed by atoms with E-state index < -0.39 is 16.1 Å². The van der Waals surface area contributed by atoms with Gasteiger partial charge in [0.15, 0.2) is 5.84 Å². The number of sulfonamides is 1. The van der Waals surface area contributed by atoms with E-state index in [-0.39, 0.29) is 10.7 Å². The van der Waals surface area contributed by atoms with Crippen molar-refractivity contribution < 1.29 is 13.6 Å². The van der Waals surface area contributed by atoms with Crippen molar-refractivity contribution in [1.82, 2.24) is 4.72 Å². The van der Waals surface area contributed by atoms with E-state index in [1.165, 1.54) is 5.56 Å². The minimum absolute atomic E-state index is 0.141. The summed E-state index contributed by atoms with van der Waals surface area (Å²) in [5, 5.41) is 11.5. The molecule has 1 aromatic carbocycles. The number of hydrogen-bond acceptors (Lipinski definition) is 4. The molecule has 0 saturated heterocycles. The molecule has 110 valence electrons. The molecule has 1 atom stereocenters. The van der Waals surface area contributed by atoms with Crippen molar-refractivity contribution in [1.29, 1.82) is 0 Å². The van der Waals surface area contributed by atoms with E-state index in [1.807, 2.05) is 6.07 Å². The number of benzene rings is 1. The van der Waals surface area contributed by atoms with E-state index in [4.69, 9.17) is 10.9 Å². The first-order valence-electron chi connectivity index (χ1n) is 6.59. The SMILES string of the molecule is CCC(NS(=O)(=O)c1ccc2c(c1)CCC2)/C(N)=N/O. The Bertz CT molecular complexity index is 626. The molecule has 0 aliphatic heterocycles. The standard InChI is InChI=1S/C13H19N3O3S/c1-2-12(13(14)15-17)16-20(18,19)11-7-6-9-4-3-5-10(9)8-11/h6-8,12,16-17H,2-5H2,1H3,(H2,14,15). The number of amidine groups is 1. The van der Waals surface area contributed by atoms with Crippen LogP contribution in [-0.2, 0) is 22.9 Å². The molecule has 0 spiro atoms. The van der Waals surface area contributed by atoms with Gasteiger partial charge in [0.2, 0.25) is 10.0 Å². The van der Waals surface area contributed by atoms with Crippen LogP contribution >= 0.6 is 0 Å². The van der Waals surface area contributed by atoms with Gasteiger partial charge in [0.1, 0.15) is 0 Å². The summed E-state index contributed by atoms with van der Waals surface area (Å²) in [5.41, 5.74) is 7.78. The summed E-state index contributed by atoms with van der Waals surface area (Å²) in [4.78, 5) is 0.224. The van der Waals surface area contributed by atoms with Crippen molar-refractivity contribution >= 4 is 15.9 Å². The van der Waals surface area contributed by atoms with E-state index in [1.54, 1.807) is 19.1 Å². The zero-order chi connectivity index (χ0) is 14.8. The van der Waals surface area contributed by atoms with Crippen LogP contribution in [0.1, 0.15) is 30.9 Å². The highest BCUT2D eigenvalue weighted by Crippen LogP contribution is 2.24. The van der Waals surface area contributed by atoms with Gasteiger partial charge in [-0.05, 0) is 48.9 Å². The van der Waals surface area contributed by atoms with Gasteiger partial charge in [0.25, 0.3) is 0 Å². The summed E-state index contributed by atoms with van der Waals surface area (Å²) in [6.45, 7) is 1.76. The third-order valence-corrected chi connectivity index (χ3v) is 5.03. The molecule has 0 radical (unpaired) electrons. The maximum Gasteiger partial charge on any atom is 0.241 e. The molecule has 0 fully saturated rings. The first-order chi connectivity index (χ1) is 9.47. The summed E-state index contributed by atoms with van der Waals surface area (Å²) >= 11 is 0. The Morgan fingerprint density at radius 2 is 2.15 bits per heavy atom. The molecule has 1 aliphatic carbocycles. The van der Waals surface area contributed by atoms with Crippen molar-refractivity contribution in [3.05, 3.63) is 29.3 Å². The molecule has 1 aliphatic rings. The predicted molar refractivity (Wildman–Crippen MR) is 76.3 cm³/mol. The largest absolute Gasteiger partial charge is 0.409 e. The van der Waals surface area contributed by atoms with E-state index in [0.717, 1.165) is 24.8 Å². The molecule has 6 nitrogen and oxygen atoms in total. The molecule has 20 heavy (non-hydrogen) atoms. The maximum atomic E-state index is 12.3. The van der Waals surface area contributed by atoms with Crippen molar-refractivity contribution in [3.8, 4) is 0 Å². The molecular formula is C13H19N3O3S. The smallest absolute Gasteiger partial charge is 0.241 e. The molecule has 0 heterocycles. The number of nitrogens with one attached hydrogen (secondary N) is 1. The molecule has 4 N–H and O–H groups in total. The molecule has 0 amide bonds. The van der Waals surface area contributed by atoms with Crippen LogP contribution in [0.5, 0.6) is 0 Å². The van der Waals surface area contributed by atoms with Gasteiger partial charge < -0.3 is 10.9 Å². The second-order valence-electron chi connectivity index (χ2n) is 4.89. The second kappa shape index (κ2) is 5.80. The van der Waals surface area contributed by atoms with Crippen molar-refractivity contribution in [3.63, 3.8) is 0 Å².